The average Bonchev–Trinajstić information content (AvgIpc) is 3.86. The Balaban J connectivity index is 1.02. The van der Waals surface area contributed by atoms with Crippen molar-refractivity contribution >= 4 is 38.9 Å². The number of anilines is 3. The van der Waals surface area contributed by atoms with Crippen LogP contribution in [0.1, 0.15) is 22.3 Å². The topological polar surface area (TPSA) is 8.17 Å². The molecule has 0 atom stereocenters. The molecular weight excluding hydrogens is 780 g/mol. The Morgan fingerprint density at radius 2 is 0.828 bits per heavy atom. The van der Waals surface area contributed by atoms with Crippen LogP contribution in [0.5, 0.6) is 0 Å². The van der Waals surface area contributed by atoms with Crippen LogP contribution in [-0.4, -0.2) is 4.57 Å². The molecule has 0 fully saturated rings. The molecular formula is C61H41FN2. The van der Waals surface area contributed by atoms with Crippen molar-refractivity contribution in [3.05, 3.63) is 277 Å². The highest BCUT2D eigenvalue weighted by atomic mass is 19.1. The number of benzene rings is 10. The van der Waals surface area contributed by atoms with Crippen LogP contribution in [0, 0.1) is 5.82 Å². The third-order valence-corrected chi connectivity index (χ3v) is 13.2. The normalized spacial score (nSPS) is 12.6. The lowest BCUT2D eigenvalue weighted by Gasteiger charge is -2.35. The van der Waals surface area contributed by atoms with Gasteiger partial charge in [-0.05, 0) is 128 Å². The Bertz CT molecular complexity index is 3430. The second kappa shape index (κ2) is 15.3. The van der Waals surface area contributed by atoms with Crippen molar-refractivity contribution < 1.29 is 4.39 Å². The molecule has 1 aliphatic carbocycles. The minimum absolute atomic E-state index is 0.241. The number of nitrogens with zero attached hydrogens (tertiary/aromatic N) is 2. The van der Waals surface area contributed by atoms with E-state index in [9.17, 15) is 4.39 Å². The molecule has 11 aromatic rings. The maximum atomic E-state index is 13.9. The van der Waals surface area contributed by atoms with E-state index in [1.807, 2.05) is 12.1 Å². The van der Waals surface area contributed by atoms with Crippen molar-refractivity contribution in [2.24, 2.45) is 0 Å². The van der Waals surface area contributed by atoms with Gasteiger partial charge in [0, 0.05) is 33.5 Å². The fourth-order valence-electron chi connectivity index (χ4n) is 10.3. The van der Waals surface area contributed by atoms with E-state index in [4.69, 9.17) is 0 Å². The molecule has 3 heteroatoms. The molecule has 1 aromatic heterocycles. The number of fused-ring (bicyclic) bond motifs is 6. The quantitative estimate of drug-likeness (QED) is 0.148. The van der Waals surface area contributed by atoms with Gasteiger partial charge in [0.15, 0.2) is 0 Å². The van der Waals surface area contributed by atoms with Crippen molar-refractivity contribution in [1.29, 1.82) is 0 Å². The summed E-state index contributed by atoms with van der Waals surface area (Å²) >= 11 is 0. The summed E-state index contributed by atoms with van der Waals surface area (Å²) < 4.78 is 16.3. The summed E-state index contributed by atoms with van der Waals surface area (Å²) in [6.07, 6.45) is 0. The van der Waals surface area contributed by atoms with Crippen molar-refractivity contribution in [2.75, 3.05) is 4.90 Å². The molecule has 12 rings (SSSR count). The van der Waals surface area contributed by atoms with E-state index < -0.39 is 5.41 Å². The van der Waals surface area contributed by atoms with Crippen molar-refractivity contribution in [2.45, 2.75) is 5.41 Å². The first-order valence-electron chi connectivity index (χ1n) is 21.9. The lowest BCUT2D eigenvalue weighted by Crippen LogP contribution is -2.28. The summed E-state index contributed by atoms with van der Waals surface area (Å²) in [6, 6.07) is 88.2. The zero-order chi connectivity index (χ0) is 42.6. The molecule has 0 aliphatic heterocycles. The van der Waals surface area contributed by atoms with Gasteiger partial charge in [0.05, 0.1) is 16.4 Å². The van der Waals surface area contributed by atoms with Crippen LogP contribution in [0.25, 0.3) is 60.9 Å². The van der Waals surface area contributed by atoms with Crippen molar-refractivity contribution in [3.8, 4) is 39.1 Å². The highest BCUT2D eigenvalue weighted by Gasteiger charge is 2.46. The minimum atomic E-state index is -0.534. The number of hydrogen-bond acceptors (Lipinski definition) is 1. The zero-order valence-corrected chi connectivity index (χ0v) is 34.9. The summed E-state index contributed by atoms with van der Waals surface area (Å²) in [5.74, 6) is -0.241. The van der Waals surface area contributed by atoms with Gasteiger partial charge in [-0.3, -0.25) is 0 Å². The lowest BCUT2D eigenvalue weighted by molar-refractivity contribution is 0.628. The van der Waals surface area contributed by atoms with Gasteiger partial charge in [-0.2, -0.15) is 0 Å². The second-order valence-corrected chi connectivity index (χ2v) is 16.6. The standard InChI is InChI=1S/C61H41FN2/c62-48-31-24-42(25-32-48)43-26-33-50(34-27-43)63(51-35-28-44(29-36-51)45-30-38-56-55-21-11-13-23-59(55)64(60(56)40-45)49-18-8-3-9-19-49)52-37-39-54-53-20-10-12-22-57(53)61(58(54)41-52,46-14-4-1-5-15-46)47-16-6-2-7-17-47/h1-41H. The Hall–Kier alpha value is -8.27. The number of rotatable bonds is 8. The Morgan fingerprint density at radius 3 is 1.48 bits per heavy atom. The summed E-state index contributed by atoms with van der Waals surface area (Å²) in [7, 11) is 0. The Labute approximate surface area is 372 Å². The number of halogens is 1. The first-order chi connectivity index (χ1) is 31.6. The number of aromatic nitrogens is 1. The van der Waals surface area contributed by atoms with Crippen LogP contribution >= 0.6 is 0 Å². The van der Waals surface area contributed by atoms with Gasteiger partial charge in [-0.1, -0.05) is 176 Å². The van der Waals surface area contributed by atoms with Crippen LogP contribution < -0.4 is 4.90 Å². The van der Waals surface area contributed by atoms with Gasteiger partial charge >= 0.3 is 0 Å². The molecule has 64 heavy (non-hydrogen) atoms. The Morgan fingerprint density at radius 1 is 0.344 bits per heavy atom. The van der Waals surface area contributed by atoms with E-state index in [2.05, 4.69) is 234 Å². The monoisotopic (exact) mass is 820 g/mol. The van der Waals surface area contributed by atoms with E-state index in [-0.39, 0.29) is 5.82 Å². The summed E-state index contributed by atoms with van der Waals surface area (Å²) in [4.78, 5) is 2.36. The smallest absolute Gasteiger partial charge is 0.123 e. The molecule has 0 saturated carbocycles. The zero-order valence-electron chi connectivity index (χ0n) is 34.9. The van der Waals surface area contributed by atoms with Crippen LogP contribution in [-0.2, 0) is 5.41 Å². The third kappa shape index (κ3) is 6.00. The van der Waals surface area contributed by atoms with Gasteiger partial charge < -0.3 is 9.47 Å². The first-order valence-corrected chi connectivity index (χ1v) is 21.9. The highest BCUT2D eigenvalue weighted by Crippen LogP contribution is 2.57. The summed E-state index contributed by atoms with van der Waals surface area (Å²) in [6.45, 7) is 0. The SMILES string of the molecule is Fc1ccc(-c2ccc(N(c3ccc(-c4ccc5c6ccccc6n(-c6ccccc6)c5c4)cc3)c3ccc4c(c3)C(c3ccccc3)(c3ccccc3)c3ccccc3-4)cc2)cc1. The predicted octanol–water partition coefficient (Wildman–Crippen LogP) is 16.1. The second-order valence-electron chi connectivity index (χ2n) is 16.6. The molecule has 1 aliphatic rings. The summed E-state index contributed by atoms with van der Waals surface area (Å²) in [5, 5.41) is 2.47. The molecule has 0 spiro atoms. The maximum absolute atomic E-state index is 13.9. The van der Waals surface area contributed by atoms with Gasteiger partial charge in [0.2, 0.25) is 0 Å². The summed E-state index contributed by atoms with van der Waals surface area (Å²) in [5.41, 5.74) is 17.8. The molecule has 0 saturated heterocycles. The molecule has 0 amide bonds. The van der Waals surface area contributed by atoms with Crippen molar-refractivity contribution in [3.63, 3.8) is 0 Å². The molecule has 0 N–H and O–H groups in total. The fraction of sp³-hybridized carbons (Fsp3) is 0.0164. The van der Waals surface area contributed by atoms with Crippen LogP contribution in [0.3, 0.4) is 0 Å². The molecule has 2 nitrogen and oxygen atoms in total. The lowest BCUT2D eigenvalue weighted by atomic mass is 9.67. The highest BCUT2D eigenvalue weighted by molar-refractivity contribution is 6.10. The van der Waals surface area contributed by atoms with Gasteiger partial charge in [-0.25, -0.2) is 4.39 Å². The van der Waals surface area contributed by atoms with Gasteiger partial charge in [0.1, 0.15) is 5.82 Å². The molecule has 302 valence electrons. The molecule has 0 bridgehead atoms. The molecule has 1 heterocycles. The van der Waals surface area contributed by atoms with Crippen LogP contribution in [0.2, 0.25) is 0 Å². The fourth-order valence-corrected chi connectivity index (χ4v) is 10.3. The molecule has 10 aromatic carbocycles. The van der Waals surface area contributed by atoms with Gasteiger partial charge in [0.25, 0.3) is 0 Å². The number of hydrogen-bond donors (Lipinski definition) is 0. The van der Waals surface area contributed by atoms with E-state index in [0.717, 1.165) is 45.0 Å². The van der Waals surface area contributed by atoms with E-state index in [1.54, 1.807) is 0 Å². The number of para-hydroxylation sites is 2. The molecule has 0 unspecified atom stereocenters. The largest absolute Gasteiger partial charge is 0.310 e. The van der Waals surface area contributed by atoms with E-state index >= 15 is 0 Å². The average molecular weight is 821 g/mol. The Kier molecular flexibility index (Phi) is 8.94. The van der Waals surface area contributed by atoms with E-state index in [1.165, 1.54) is 67.3 Å². The van der Waals surface area contributed by atoms with E-state index in [0.29, 0.717) is 0 Å². The maximum Gasteiger partial charge on any atom is 0.123 e. The minimum Gasteiger partial charge on any atom is -0.310 e. The van der Waals surface area contributed by atoms with Crippen molar-refractivity contribution in [1.82, 2.24) is 4.57 Å². The van der Waals surface area contributed by atoms with Crippen LogP contribution in [0.15, 0.2) is 249 Å². The van der Waals surface area contributed by atoms with Gasteiger partial charge in [-0.15, -0.1) is 0 Å². The molecule has 0 radical (unpaired) electrons. The first kappa shape index (κ1) is 37.5. The third-order valence-electron chi connectivity index (χ3n) is 13.2. The predicted molar refractivity (Wildman–Crippen MR) is 264 cm³/mol. The van der Waals surface area contributed by atoms with Crippen LogP contribution in [0.4, 0.5) is 21.5 Å².